The summed E-state index contributed by atoms with van der Waals surface area (Å²) in [4.78, 5) is 21.2. The van der Waals surface area contributed by atoms with Gasteiger partial charge >= 0.3 is 6.09 Å². The third-order valence-electron chi connectivity index (χ3n) is 6.16. The van der Waals surface area contributed by atoms with E-state index >= 15 is 0 Å². The summed E-state index contributed by atoms with van der Waals surface area (Å²) in [6.07, 6.45) is 1.73. The van der Waals surface area contributed by atoms with E-state index in [0.717, 1.165) is 64.1 Å². The fourth-order valence-electron chi connectivity index (χ4n) is 4.51. The van der Waals surface area contributed by atoms with Crippen LogP contribution in [0.1, 0.15) is 38.4 Å². The van der Waals surface area contributed by atoms with Gasteiger partial charge < -0.3 is 14.9 Å². The number of rotatable bonds is 2. The van der Waals surface area contributed by atoms with Crippen LogP contribution in [0, 0.1) is 14.9 Å². The molecule has 0 unspecified atom stereocenters. The number of halogens is 1. The maximum absolute atomic E-state index is 12.0. The minimum Gasteiger partial charge on any atom is -0.464 e. The molecule has 1 saturated heterocycles. The van der Waals surface area contributed by atoms with E-state index in [1.54, 1.807) is 6.20 Å². The molecule has 0 amide bonds. The quantitative estimate of drug-likeness (QED) is 0.439. The molecule has 1 N–H and O–H groups in total. The molecule has 33 heavy (non-hydrogen) atoms. The first kappa shape index (κ1) is 23.5. The summed E-state index contributed by atoms with van der Waals surface area (Å²) in [5.74, 6) is 0. The highest BCUT2D eigenvalue weighted by atomic mass is 127. The van der Waals surface area contributed by atoms with Crippen LogP contribution < -0.4 is 4.90 Å². The molecule has 0 spiro atoms. The number of anilines is 1. The summed E-state index contributed by atoms with van der Waals surface area (Å²) in [7, 11) is 2.13. The first-order valence-corrected chi connectivity index (χ1v) is 12.1. The summed E-state index contributed by atoms with van der Waals surface area (Å²) in [5, 5.41) is 20.5. The van der Waals surface area contributed by atoms with E-state index in [1.165, 1.54) is 4.57 Å². The number of hydrogen-bond acceptors (Lipinski definition) is 5. The minimum absolute atomic E-state index is 0.355. The molecule has 7 nitrogen and oxygen atoms in total. The van der Waals surface area contributed by atoms with Crippen LogP contribution >= 0.6 is 22.6 Å². The Hall–Kier alpha value is -2.64. The van der Waals surface area contributed by atoms with E-state index in [4.69, 9.17) is 0 Å². The molecule has 1 aromatic carbocycles. The zero-order chi connectivity index (χ0) is 23.9. The number of pyridine rings is 1. The molecule has 3 heterocycles. The lowest BCUT2D eigenvalue weighted by atomic mass is 9.92. The highest BCUT2D eigenvalue weighted by molar-refractivity contribution is 14.1. The number of fused-ring (bicyclic) bond motifs is 1. The van der Waals surface area contributed by atoms with Crippen molar-refractivity contribution in [1.29, 1.82) is 5.26 Å². The fourth-order valence-corrected chi connectivity index (χ4v) is 5.95. The van der Waals surface area contributed by atoms with Crippen LogP contribution in [0.15, 0.2) is 30.5 Å². The van der Waals surface area contributed by atoms with E-state index in [1.807, 2.05) is 45.0 Å². The molecular formula is C25H28IN5O2. The number of carbonyl (C=O) groups is 1. The van der Waals surface area contributed by atoms with Crippen LogP contribution in [0.2, 0.25) is 0 Å². The Bertz CT molecular complexity index is 1270. The molecule has 2 aromatic heterocycles. The Morgan fingerprint density at radius 1 is 1.15 bits per heavy atom. The van der Waals surface area contributed by atoms with Crippen LogP contribution in [0.5, 0.6) is 0 Å². The van der Waals surface area contributed by atoms with Crippen molar-refractivity contribution in [3.63, 3.8) is 0 Å². The maximum atomic E-state index is 12.0. The number of hydrogen-bond donors (Lipinski definition) is 1. The van der Waals surface area contributed by atoms with Crippen LogP contribution in [-0.4, -0.2) is 58.9 Å². The van der Waals surface area contributed by atoms with E-state index in [-0.39, 0.29) is 5.41 Å². The van der Waals surface area contributed by atoms with Gasteiger partial charge in [-0.25, -0.2) is 14.3 Å². The molecule has 0 bridgehead atoms. The van der Waals surface area contributed by atoms with Crippen molar-refractivity contribution in [1.82, 2.24) is 14.5 Å². The van der Waals surface area contributed by atoms with Gasteiger partial charge in [-0.15, -0.1) is 0 Å². The molecule has 8 heteroatoms. The topological polar surface area (TPSA) is 85.4 Å². The first-order valence-electron chi connectivity index (χ1n) is 11.0. The maximum Gasteiger partial charge on any atom is 0.417 e. The summed E-state index contributed by atoms with van der Waals surface area (Å²) in [6, 6.07) is 10.3. The summed E-state index contributed by atoms with van der Waals surface area (Å²) in [5.41, 5.74) is 4.18. The van der Waals surface area contributed by atoms with E-state index < -0.39 is 6.09 Å². The predicted octanol–water partition coefficient (Wildman–Crippen LogP) is 5.15. The summed E-state index contributed by atoms with van der Waals surface area (Å²) in [6.45, 7) is 9.87. The Labute approximate surface area is 207 Å². The molecular weight excluding hydrogens is 529 g/mol. The number of carboxylic acid groups (broad SMARTS) is 1. The van der Waals surface area contributed by atoms with Gasteiger partial charge in [0.1, 0.15) is 6.07 Å². The van der Waals surface area contributed by atoms with Gasteiger partial charge in [0.05, 0.1) is 16.9 Å². The average molecular weight is 557 g/mol. The van der Waals surface area contributed by atoms with Crippen LogP contribution in [0.3, 0.4) is 0 Å². The van der Waals surface area contributed by atoms with Crippen molar-refractivity contribution < 1.29 is 9.90 Å². The van der Waals surface area contributed by atoms with Gasteiger partial charge in [0.2, 0.25) is 0 Å². The van der Waals surface area contributed by atoms with E-state index in [9.17, 15) is 15.2 Å². The van der Waals surface area contributed by atoms with Crippen molar-refractivity contribution in [2.45, 2.75) is 32.6 Å². The van der Waals surface area contributed by atoms with Crippen molar-refractivity contribution in [2.24, 2.45) is 0 Å². The highest BCUT2D eigenvalue weighted by Gasteiger charge is 2.29. The number of nitriles is 1. The Morgan fingerprint density at radius 3 is 2.58 bits per heavy atom. The second-order valence-corrected chi connectivity index (χ2v) is 10.7. The summed E-state index contributed by atoms with van der Waals surface area (Å²) < 4.78 is 2.18. The van der Waals surface area contributed by atoms with Gasteiger partial charge in [-0.2, -0.15) is 5.26 Å². The summed E-state index contributed by atoms with van der Waals surface area (Å²) >= 11 is 2.22. The predicted molar refractivity (Wildman–Crippen MR) is 139 cm³/mol. The highest BCUT2D eigenvalue weighted by Crippen LogP contribution is 2.37. The second kappa shape index (κ2) is 8.95. The fraction of sp³-hybridized carbons (Fsp3) is 0.400. The van der Waals surface area contributed by atoms with Crippen LogP contribution in [-0.2, 0) is 5.41 Å². The third kappa shape index (κ3) is 4.44. The van der Waals surface area contributed by atoms with Crippen LogP contribution in [0.4, 0.5) is 10.5 Å². The lowest BCUT2D eigenvalue weighted by molar-refractivity contribution is 0.195. The van der Waals surface area contributed by atoms with Crippen molar-refractivity contribution in [3.05, 3.63) is 45.3 Å². The van der Waals surface area contributed by atoms with Crippen molar-refractivity contribution >= 4 is 45.4 Å². The monoisotopic (exact) mass is 557 g/mol. The average Bonchev–Trinajstić information content (AvgIpc) is 2.91. The standard InChI is InChI=1S/C25H28IN5O2/c1-25(2,3)22-21(26)19-13-18(15-28-23(19)31(22)24(32)33)16-6-7-20(17(12-16)14-27)30-9-5-8-29(4)10-11-30/h6-7,12-13,15H,5,8-11H2,1-4H3,(H,32,33). The van der Waals surface area contributed by atoms with Gasteiger partial charge in [0.15, 0.2) is 5.65 Å². The van der Waals surface area contributed by atoms with Crippen molar-refractivity contribution in [2.75, 3.05) is 38.1 Å². The van der Waals surface area contributed by atoms with Gasteiger partial charge in [-0.3, -0.25) is 0 Å². The lowest BCUT2D eigenvalue weighted by Crippen LogP contribution is -2.29. The Balaban J connectivity index is 1.79. The first-order chi connectivity index (χ1) is 15.6. The minimum atomic E-state index is -1.03. The molecule has 0 atom stereocenters. The molecule has 1 fully saturated rings. The van der Waals surface area contributed by atoms with Gasteiger partial charge in [-0.1, -0.05) is 26.8 Å². The Morgan fingerprint density at radius 2 is 1.91 bits per heavy atom. The molecule has 0 radical (unpaired) electrons. The number of nitrogens with zero attached hydrogens (tertiary/aromatic N) is 5. The van der Waals surface area contributed by atoms with Gasteiger partial charge in [0.25, 0.3) is 0 Å². The SMILES string of the molecule is CN1CCCN(c2ccc(-c3cnc4c(c3)c(I)c(C(C)(C)C)n4C(=O)O)cc2C#N)CC1. The number of aromatic nitrogens is 2. The van der Waals surface area contributed by atoms with E-state index in [0.29, 0.717) is 11.2 Å². The third-order valence-corrected chi connectivity index (χ3v) is 7.25. The Kier molecular flexibility index (Phi) is 6.38. The van der Waals surface area contributed by atoms with Gasteiger partial charge in [0, 0.05) is 45.8 Å². The molecule has 1 aliphatic heterocycles. The normalized spacial score (nSPS) is 15.5. The largest absolute Gasteiger partial charge is 0.464 e. The zero-order valence-corrected chi connectivity index (χ0v) is 21.5. The number of benzene rings is 1. The van der Waals surface area contributed by atoms with Gasteiger partial charge in [-0.05, 0) is 66.4 Å². The van der Waals surface area contributed by atoms with Crippen molar-refractivity contribution in [3.8, 4) is 17.2 Å². The number of likely N-dealkylation sites (N-methyl/N-ethyl adjacent to an activating group) is 1. The molecule has 4 rings (SSSR count). The molecule has 1 aliphatic rings. The molecule has 0 aliphatic carbocycles. The lowest BCUT2D eigenvalue weighted by Gasteiger charge is -2.24. The molecule has 0 saturated carbocycles. The van der Waals surface area contributed by atoms with E-state index in [2.05, 4.69) is 50.5 Å². The van der Waals surface area contributed by atoms with Crippen LogP contribution in [0.25, 0.3) is 22.2 Å². The second-order valence-electron chi connectivity index (χ2n) is 9.61. The molecule has 3 aromatic rings. The zero-order valence-electron chi connectivity index (χ0n) is 19.4. The smallest absolute Gasteiger partial charge is 0.417 e. The molecule has 172 valence electrons.